The fourth-order valence-corrected chi connectivity index (χ4v) is 4.13. The molecule has 3 aromatic rings. The van der Waals surface area contributed by atoms with E-state index in [0.717, 1.165) is 16.7 Å². The molecule has 0 unspecified atom stereocenters. The van der Waals surface area contributed by atoms with E-state index in [1.165, 1.54) is 30.3 Å². The van der Waals surface area contributed by atoms with E-state index < -0.39 is 17.5 Å². The molecule has 170 valence electrons. The summed E-state index contributed by atoms with van der Waals surface area (Å²) in [5.41, 5.74) is 1.16. The minimum atomic E-state index is -4.78. The molecule has 1 aliphatic heterocycles. The molecule has 0 saturated carbocycles. The molecular weight excluding hydrogens is 502 g/mol. The van der Waals surface area contributed by atoms with Gasteiger partial charge in [0.1, 0.15) is 17.3 Å². The largest absolute Gasteiger partial charge is 0.573 e. The fourth-order valence-electron chi connectivity index (χ4n) is 2.99. The molecule has 5 nitrogen and oxygen atoms in total. The Morgan fingerprint density at radius 1 is 1.00 bits per heavy atom. The van der Waals surface area contributed by atoms with Crippen LogP contribution in [-0.2, 0) is 11.3 Å². The molecule has 2 amide bonds. The van der Waals surface area contributed by atoms with E-state index in [4.69, 9.17) is 27.6 Å². The first-order valence-corrected chi connectivity index (χ1v) is 10.8. The molecule has 2 heterocycles. The molecule has 1 fully saturated rings. The Bertz CT molecular complexity index is 1260. The normalized spacial score (nSPS) is 15.5. The van der Waals surface area contributed by atoms with Crippen LogP contribution in [0.25, 0.3) is 17.4 Å². The van der Waals surface area contributed by atoms with Crippen molar-refractivity contribution in [2.24, 2.45) is 0 Å². The van der Waals surface area contributed by atoms with Crippen LogP contribution >= 0.6 is 35.0 Å². The Hall–Kier alpha value is -2.88. The Morgan fingerprint density at radius 2 is 1.73 bits per heavy atom. The van der Waals surface area contributed by atoms with Crippen molar-refractivity contribution >= 4 is 52.2 Å². The molecule has 1 saturated heterocycles. The first-order valence-electron chi connectivity index (χ1n) is 9.24. The summed E-state index contributed by atoms with van der Waals surface area (Å²) in [6.45, 7) is 0.0364. The van der Waals surface area contributed by atoms with Gasteiger partial charge in [0, 0.05) is 11.6 Å². The standard InChI is InChI=1S/C22H12Cl2F3NO4S/c23-16-7-1-12(9-17(16)24)11-28-20(29)19(33-21(28)30)10-15-6-8-18(31-15)13-2-4-14(5-3-13)32-22(25,26)27/h1-10H,11H2/b19-10-. The van der Waals surface area contributed by atoms with Crippen LogP contribution in [0.4, 0.5) is 18.0 Å². The molecule has 2 aromatic carbocycles. The molecule has 0 spiro atoms. The Balaban J connectivity index is 1.48. The monoisotopic (exact) mass is 513 g/mol. The van der Waals surface area contributed by atoms with E-state index in [-0.39, 0.29) is 17.2 Å². The first kappa shape index (κ1) is 23.3. The average molecular weight is 514 g/mol. The lowest BCUT2D eigenvalue weighted by Crippen LogP contribution is -2.27. The van der Waals surface area contributed by atoms with Crippen LogP contribution in [-0.4, -0.2) is 22.4 Å². The van der Waals surface area contributed by atoms with E-state index in [2.05, 4.69) is 4.74 Å². The summed E-state index contributed by atoms with van der Waals surface area (Å²) in [4.78, 5) is 26.3. The van der Waals surface area contributed by atoms with Gasteiger partial charge in [0.2, 0.25) is 0 Å². The number of furan rings is 1. The second kappa shape index (κ2) is 9.17. The summed E-state index contributed by atoms with van der Waals surface area (Å²) in [6.07, 6.45) is -3.34. The number of hydrogen-bond donors (Lipinski definition) is 0. The second-order valence-corrected chi connectivity index (χ2v) is 8.60. The highest BCUT2D eigenvalue weighted by atomic mass is 35.5. The number of benzene rings is 2. The molecule has 11 heteroatoms. The van der Waals surface area contributed by atoms with Gasteiger partial charge in [0.25, 0.3) is 11.1 Å². The van der Waals surface area contributed by atoms with E-state index in [1.807, 2.05) is 0 Å². The van der Waals surface area contributed by atoms with Crippen molar-refractivity contribution in [2.75, 3.05) is 0 Å². The summed E-state index contributed by atoms with van der Waals surface area (Å²) in [5.74, 6) is -0.160. The van der Waals surface area contributed by atoms with E-state index in [9.17, 15) is 22.8 Å². The quantitative estimate of drug-likeness (QED) is 0.333. The van der Waals surface area contributed by atoms with Crippen LogP contribution in [0, 0.1) is 0 Å². The number of halogens is 5. The van der Waals surface area contributed by atoms with Gasteiger partial charge in [-0.05, 0) is 65.9 Å². The number of hydrogen-bond acceptors (Lipinski definition) is 5. The summed E-state index contributed by atoms with van der Waals surface area (Å²) in [7, 11) is 0. The number of amides is 2. The predicted molar refractivity (Wildman–Crippen MR) is 119 cm³/mol. The SMILES string of the molecule is O=C1S/C(=C\c2ccc(-c3ccc(OC(F)(F)F)cc3)o2)C(=O)N1Cc1ccc(Cl)c(Cl)c1. The maximum Gasteiger partial charge on any atom is 0.573 e. The number of carbonyl (C=O) groups is 2. The van der Waals surface area contributed by atoms with Gasteiger partial charge in [-0.3, -0.25) is 14.5 Å². The third-order valence-electron chi connectivity index (χ3n) is 4.47. The van der Waals surface area contributed by atoms with Crippen molar-refractivity contribution in [3.63, 3.8) is 0 Å². The van der Waals surface area contributed by atoms with Gasteiger partial charge in [-0.1, -0.05) is 29.3 Å². The molecular formula is C22H12Cl2F3NO4S. The number of imide groups is 1. The molecule has 0 atom stereocenters. The Morgan fingerprint density at radius 3 is 2.39 bits per heavy atom. The molecule has 0 N–H and O–H groups in total. The molecule has 4 rings (SSSR count). The van der Waals surface area contributed by atoms with Gasteiger partial charge in [0.05, 0.1) is 21.5 Å². The summed E-state index contributed by atoms with van der Waals surface area (Å²) in [5, 5.41) is 0.243. The highest BCUT2D eigenvalue weighted by Gasteiger charge is 2.35. The van der Waals surface area contributed by atoms with Crippen molar-refractivity contribution in [2.45, 2.75) is 12.9 Å². The van der Waals surface area contributed by atoms with Gasteiger partial charge in [-0.15, -0.1) is 13.2 Å². The van der Waals surface area contributed by atoms with Crippen LogP contribution < -0.4 is 4.74 Å². The van der Waals surface area contributed by atoms with Gasteiger partial charge < -0.3 is 9.15 Å². The van der Waals surface area contributed by atoms with Gasteiger partial charge >= 0.3 is 6.36 Å². The first-order chi connectivity index (χ1) is 15.6. The molecule has 0 aliphatic carbocycles. The van der Waals surface area contributed by atoms with Crippen LogP contribution in [0.1, 0.15) is 11.3 Å². The zero-order valence-corrected chi connectivity index (χ0v) is 18.7. The number of alkyl halides is 3. The minimum Gasteiger partial charge on any atom is -0.457 e. The van der Waals surface area contributed by atoms with Crippen LogP contribution in [0.15, 0.2) is 63.9 Å². The third-order valence-corrected chi connectivity index (χ3v) is 6.12. The predicted octanol–water partition coefficient (Wildman–Crippen LogP) is 7.39. The number of thioether (sulfide) groups is 1. The highest BCUT2D eigenvalue weighted by molar-refractivity contribution is 8.18. The van der Waals surface area contributed by atoms with Crippen molar-refractivity contribution in [3.05, 3.63) is 80.9 Å². The van der Waals surface area contributed by atoms with Gasteiger partial charge in [-0.2, -0.15) is 0 Å². The maximum atomic E-state index is 12.7. The van der Waals surface area contributed by atoms with Crippen LogP contribution in [0.3, 0.4) is 0 Å². The zero-order valence-electron chi connectivity index (χ0n) is 16.4. The molecule has 1 aromatic heterocycles. The second-order valence-electron chi connectivity index (χ2n) is 6.79. The maximum absolute atomic E-state index is 12.7. The van der Waals surface area contributed by atoms with E-state index in [1.54, 1.807) is 30.3 Å². The summed E-state index contributed by atoms with van der Waals surface area (Å²) < 4.78 is 46.4. The number of carbonyl (C=O) groups excluding carboxylic acids is 2. The van der Waals surface area contributed by atoms with Crippen molar-refractivity contribution in [1.82, 2.24) is 4.90 Å². The lowest BCUT2D eigenvalue weighted by molar-refractivity contribution is -0.274. The van der Waals surface area contributed by atoms with Crippen LogP contribution in [0.5, 0.6) is 5.75 Å². The summed E-state index contributed by atoms with van der Waals surface area (Å²) in [6, 6.07) is 13.2. The lowest BCUT2D eigenvalue weighted by Gasteiger charge is -2.12. The molecule has 1 aliphatic rings. The van der Waals surface area contributed by atoms with Crippen molar-refractivity contribution < 1.29 is 31.9 Å². The van der Waals surface area contributed by atoms with E-state index >= 15 is 0 Å². The third kappa shape index (κ3) is 5.55. The number of nitrogens with zero attached hydrogens (tertiary/aromatic N) is 1. The molecule has 0 bridgehead atoms. The van der Waals surface area contributed by atoms with Gasteiger partial charge in [0.15, 0.2) is 0 Å². The molecule has 0 radical (unpaired) electrons. The number of rotatable bonds is 5. The highest BCUT2D eigenvalue weighted by Crippen LogP contribution is 2.35. The average Bonchev–Trinajstić information content (AvgIpc) is 3.30. The van der Waals surface area contributed by atoms with Crippen molar-refractivity contribution in [3.8, 4) is 17.1 Å². The van der Waals surface area contributed by atoms with E-state index in [0.29, 0.717) is 32.7 Å². The Labute approximate surface area is 199 Å². The minimum absolute atomic E-state index is 0.0364. The molecule has 33 heavy (non-hydrogen) atoms. The fraction of sp³-hybridized carbons (Fsp3) is 0.0909. The van der Waals surface area contributed by atoms with Crippen molar-refractivity contribution in [1.29, 1.82) is 0 Å². The van der Waals surface area contributed by atoms with Gasteiger partial charge in [-0.25, -0.2) is 0 Å². The number of ether oxygens (including phenoxy) is 1. The zero-order chi connectivity index (χ0) is 23.8. The smallest absolute Gasteiger partial charge is 0.457 e. The summed E-state index contributed by atoms with van der Waals surface area (Å²) >= 11 is 12.7. The lowest BCUT2D eigenvalue weighted by atomic mass is 10.2. The Kier molecular flexibility index (Phi) is 6.47. The van der Waals surface area contributed by atoms with Crippen LogP contribution in [0.2, 0.25) is 10.0 Å². The topological polar surface area (TPSA) is 59.8 Å².